The second-order valence-electron chi connectivity index (χ2n) is 9.53. The number of benzene rings is 1. The molecule has 2 aliphatic rings. The summed E-state index contributed by atoms with van der Waals surface area (Å²) in [6.45, 7) is 8.75. The van der Waals surface area contributed by atoms with Gasteiger partial charge in [-0.15, -0.1) is 0 Å². The van der Waals surface area contributed by atoms with Gasteiger partial charge >= 0.3 is 7.82 Å². The number of hydrogen-bond donors (Lipinski definition) is 4. The Balaban J connectivity index is 1.70. The van der Waals surface area contributed by atoms with Crippen molar-refractivity contribution < 1.29 is 37.8 Å². The zero-order valence-electron chi connectivity index (χ0n) is 20.9. The van der Waals surface area contributed by atoms with Crippen LogP contribution in [0.3, 0.4) is 0 Å². The first-order valence-corrected chi connectivity index (χ1v) is 13.4. The number of nitrogens with zero attached hydrogens (tertiary/aromatic N) is 2. The molecule has 0 radical (unpaired) electrons. The zero-order valence-corrected chi connectivity index (χ0v) is 21.8. The molecule has 4 heterocycles. The molecule has 0 saturated heterocycles. The van der Waals surface area contributed by atoms with Crippen LogP contribution in [0.5, 0.6) is 5.75 Å². The van der Waals surface area contributed by atoms with Crippen LogP contribution < -0.4 is 15.6 Å². The van der Waals surface area contributed by atoms with Crippen molar-refractivity contribution in [3.05, 3.63) is 63.4 Å². The van der Waals surface area contributed by atoms with E-state index in [1.54, 1.807) is 17.6 Å². The minimum absolute atomic E-state index is 0.0129. The molecule has 5 rings (SSSR count). The molecule has 13 heteroatoms. The number of rotatable bonds is 7. The van der Waals surface area contributed by atoms with Crippen molar-refractivity contribution in [1.82, 2.24) is 9.55 Å². The van der Waals surface area contributed by atoms with E-state index in [4.69, 9.17) is 19.3 Å². The van der Waals surface area contributed by atoms with Crippen molar-refractivity contribution in [3.63, 3.8) is 0 Å². The number of nitrogens with one attached hydrogen (secondary N) is 1. The van der Waals surface area contributed by atoms with Gasteiger partial charge in [-0.2, -0.15) is 0 Å². The van der Waals surface area contributed by atoms with Crippen LogP contribution in [0.25, 0.3) is 22.3 Å². The van der Waals surface area contributed by atoms with Crippen LogP contribution in [-0.2, 0) is 32.6 Å². The van der Waals surface area contributed by atoms with E-state index in [2.05, 4.69) is 21.4 Å². The molecular formula is C25H27FN3O8P. The van der Waals surface area contributed by atoms with Crippen molar-refractivity contribution in [3.8, 4) is 17.1 Å². The quantitative estimate of drug-likeness (QED) is 0.200. The lowest BCUT2D eigenvalue weighted by atomic mass is 9.84. The topological polar surface area (TPSA) is 152 Å². The number of hydrogen-bond acceptors (Lipinski definition) is 8. The van der Waals surface area contributed by atoms with E-state index in [-0.39, 0.29) is 48.2 Å². The van der Waals surface area contributed by atoms with Crippen molar-refractivity contribution in [1.29, 1.82) is 0 Å². The fraction of sp³-hybridized carbons (Fsp3) is 0.360. The number of phosphoric acid groups is 1. The average Bonchev–Trinajstić information content (AvgIpc) is 3.20. The number of ether oxygens (including phenoxy) is 2. The first-order valence-electron chi connectivity index (χ1n) is 11.9. The Morgan fingerprint density at radius 3 is 2.71 bits per heavy atom. The lowest BCUT2D eigenvalue weighted by molar-refractivity contribution is -0.0172. The maximum absolute atomic E-state index is 14.9. The molecule has 2 aromatic heterocycles. The zero-order chi connectivity index (χ0) is 27.6. The first-order chi connectivity index (χ1) is 17.8. The van der Waals surface area contributed by atoms with E-state index in [0.29, 0.717) is 39.2 Å². The lowest BCUT2D eigenvalue weighted by Crippen LogP contribution is -2.38. The molecule has 0 spiro atoms. The fourth-order valence-corrected chi connectivity index (χ4v) is 5.11. The average molecular weight is 547 g/mol. The van der Waals surface area contributed by atoms with Gasteiger partial charge < -0.3 is 34.3 Å². The number of aromatic nitrogens is 2. The summed E-state index contributed by atoms with van der Waals surface area (Å²) in [5, 5.41) is 15.1. The predicted octanol–water partition coefficient (Wildman–Crippen LogP) is 3.47. The minimum atomic E-state index is -4.81. The van der Waals surface area contributed by atoms with Crippen molar-refractivity contribution in [2.45, 2.75) is 52.0 Å². The van der Waals surface area contributed by atoms with Gasteiger partial charge in [-0.05, 0) is 32.4 Å². The second-order valence-corrected chi connectivity index (χ2v) is 10.8. The monoisotopic (exact) mass is 547 g/mol. The number of phosphoric ester groups is 1. The van der Waals surface area contributed by atoms with Crippen LogP contribution >= 0.6 is 7.82 Å². The third kappa shape index (κ3) is 4.28. The summed E-state index contributed by atoms with van der Waals surface area (Å²) in [5.41, 5.74) is 1.41. The van der Waals surface area contributed by atoms with Gasteiger partial charge in [0.2, 0.25) is 6.79 Å². The molecule has 0 saturated carbocycles. The van der Waals surface area contributed by atoms with E-state index >= 15 is 0 Å². The number of halogens is 1. The molecule has 202 valence electrons. The van der Waals surface area contributed by atoms with Crippen LogP contribution in [0.15, 0.2) is 35.3 Å². The highest BCUT2D eigenvalue weighted by atomic mass is 31.2. The Kier molecular flexibility index (Phi) is 6.36. The molecule has 3 aromatic rings. The molecule has 11 nitrogen and oxygen atoms in total. The van der Waals surface area contributed by atoms with Crippen molar-refractivity contribution in [2.75, 3.05) is 12.1 Å². The molecule has 0 amide bonds. The van der Waals surface area contributed by atoms with Gasteiger partial charge in [0.25, 0.3) is 5.56 Å². The van der Waals surface area contributed by atoms with Crippen LogP contribution in [0.2, 0.25) is 0 Å². The van der Waals surface area contributed by atoms with Crippen molar-refractivity contribution >= 4 is 24.4 Å². The molecule has 0 fully saturated rings. The van der Waals surface area contributed by atoms with E-state index in [1.165, 1.54) is 6.07 Å². The molecule has 38 heavy (non-hydrogen) atoms. The number of aliphatic hydroxyl groups is 1. The summed E-state index contributed by atoms with van der Waals surface area (Å²) < 4.78 is 42.4. The number of fused-ring (bicyclic) bond motifs is 5. The Bertz CT molecular complexity index is 1600. The van der Waals surface area contributed by atoms with Gasteiger partial charge in [-0.3, -0.25) is 4.79 Å². The molecule has 1 atom stereocenters. The number of pyridine rings is 2. The van der Waals surface area contributed by atoms with Crippen LogP contribution in [0, 0.1) is 5.82 Å². The van der Waals surface area contributed by atoms with Gasteiger partial charge in [0, 0.05) is 28.6 Å². The predicted molar refractivity (Wildman–Crippen MR) is 136 cm³/mol. The smallest absolute Gasteiger partial charge is 0.472 e. The Morgan fingerprint density at radius 1 is 1.32 bits per heavy atom. The van der Waals surface area contributed by atoms with E-state index < -0.39 is 26.0 Å². The maximum Gasteiger partial charge on any atom is 0.472 e. The molecule has 0 aliphatic carbocycles. The van der Waals surface area contributed by atoms with Crippen molar-refractivity contribution in [2.24, 2.45) is 0 Å². The minimum Gasteiger partial charge on any atom is -0.490 e. The third-order valence-electron chi connectivity index (χ3n) is 6.78. The standard InChI is InChI=1S/C25H27FN3O8P/c1-5-25(31)13(4)35-10-16-17(25)7-20-23-15(9-29(20)24(16)30)22(27-12(2)3)14-6-21(18(26)8-19(14)28-23)36-11-37-38(32,33)34/h6-8,12,31H,4-5,9-11H2,1-3H3,(H,27,28)(H2,32,33,34)/t25-/m1/s1. The number of anilines is 1. The van der Waals surface area contributed by atoms with Gasteiger partial charge in [0.05, 0.1) is 34.7 Å². The second kappa shape index (κ2) is 9.18. The van der Waals surface area contributed by atoms with Gasteiger partial charge in [-0.25, -0.2) is 18.5 Å². The van der Waals surface area contributed by atoms with Crippen LogP contribution in [-0.4, -0.2) is 37.3 Å². The lowest BCUT2D eigenvalue weighted by Gasteiger charge is -2.35. The normalized spacial score (nSPS) is 18.3. The summed E-state index contributed by atoms with van der Waals surface area (Å²) in [5.74, 6) is -0.934. The molecule has 1 aromatic carbocycles. The third-order valence-corrected chi connectivity index (χ3v) is 7.22. The largest absolute Gasteiger partial charge is 0.490 e. The Morgan fingerprint density at radius 2 is 2.05 bits per heavy atom. The molecule has 4 N–H and O–H groups in total. The molecular weight excluding hydrogens is 520 g/mol. The van der Waals surface area contributed by atoms with E-state index in [1.807, 2.05) is 13.8 Å². The summed E-state index contributed by atoms with van der Waals surface area (Å²) in [6, 6.07) is 4.19. The van der Waals surface area contributed by atoms with Crippen LogP contribution in [0.1, 0.15) is 43.9 Å². The summed E-state index contributed by atoms with van der Waals surface area (Å²) >= 11 is 0. The maximum atomic E-state index is 14.9. The highest BCUT2D eigenvalue weighted by Crippen LogP contribution is 2.44. The van der Waals surface area contributed by atoms with Crippen LogP contribution in [0.4, 0.5) is 10.1 Å². The molecule has 0 bridgehead atoms. The SMILES string of the molecule is C=C1OCc2c(cc3n(c2=O)Cc2c-3nc3cc(F)c(OCOP(=O)(O)O)cc3c2NC(C)C)[C@@]1(O)CC. The summed E-state index contributed by atoms with van der Waals surface area (Å²) in [4.78, 5) is 36.0. The fourth-order valence-electron chi connectivity index (χ4n) is 4.92. The Labute approximate surface area is 216 Å². The highest BCUT2D eigenvalue weighted by molar-refractivity contribution is 7.46. The van der Waals surface area contributed by atoms with Gasteiger partial charge in [0.15, 0.2) is 11.6 Å². The Hall–Kier alpha value is -3.28. The van der Waals surface area contributed by atoms with E-state index in [0.717, 1.165) is 6.07 Å². The van der Waals surface area contributed by atoms with E-state index in [9.17, 15) is 18.9 Å². The summed E-state index contributed by atoms with van der Waals surface area (Å²) in [6.07, 6.45) is 0.250. The van der Waals surface area contributed by atoms with Gasteiger partial charge in [-0.1, -0.05) is 13.5 Å². The summed E-state index contributed by atoms with van der Waals surface area (Å²) in [7, 11) is -4.81. The first kappa shape index (κ1) is 26.3. The highest BCUT2D eigenvalue weighted by Gasteiger charge is 2.41. The molecule has 0 unspecified atom stereocenters. The molecule has 2 aliphatic heterocycles. The van der Waals surface area contributed by atoms with Gasteiger partial charge in [0.1, 0.15) is 18.0 Å².